The highest BCUT2D eigenvalue weighted by Crippen LogP contribution is 2.33. The van der Waals surface area contributed by atoms with Crippen LogP contribution in [0.1, 0.15) is 11.1 Å². The van der Waals surface area contributed by atoms with E-state index in [0.29, 0.717) is 22.0 Å². The van der Waals surface area contributed by atoms with Gasteiger partial charge in [0, 0.05) is 11.3 Å². The molecule has 31 heavy (non-hydrogen) atoms. The van der Waals surface area contributed by atoms with Crippen LogP contribution in [-0.2, 0) is 16.1 Å². The monoisotopic (exact) mass is 436 g/mol. The molecule has 0 saturated carbocycles. The maximum atomic E-state index is 14.2. The number of nitrogens with zero attached hydrogens (tertiary/aromatic N) is 1. The number of ether oxygens (including phenoxy) is 1. The van der Waals surface area contributed by atoms with Gasteiger partial charge in [-0.25, -0.2) is 4.39 Å². The summed E-state index contributed by atoms with van der Waals surface area (Å²) >= 11 is 6.20. The number of methoxy groups -OCH3 is 1. The van der Waals surface area contributed by atoms with Gasteiger partial charge in [0.1, 0.15) is 17.3 Å². The van der Waals surface area contributed by atoms with Gasteiger partial charge in [-0.1, -0.05) is 60.1 Å². The minimum atomic E-state index is -0.543. The second kappa shape index (κ2) is 8.62. The van der Waals surface area contributed by atoms with Gasteiger partial charge >= 0.3 is 0 Å². The summed E-state index contributed by atoms with van der Waals surface area (Å²) in [6.45, 7) is -0.171. The number of imide groups is 1. The average Bonchev–Trinajstić information content (AvgIpc) is 3.00. The minimum absolute atomic E-state index is 0.105. The Morgan fingerprint density at radius 1 is 0.968 bits per heavy atom. The van der Waals surface area contributed by atoms with E-state index < -0.39 is 17.6 Å². The number of benzene rings is 3. The van der Waals surface area contributed by atoms with Crippen LogP contribution < -0.4 is 10.1 Å². The number of anilines is 1. The Labute approximate surface area is 183 Å². The number of hydrogen-bond acceptors (Lipinski definition) is 4. The molecule has 0 aromatic heterocycles. The van der Waals surface area contributed by atoms with E-state index in [1.54, 1.807) is 60.7 Å². The van der Waals surface area contributed by atoms with Gasteiger partial charge in [0.2, 0.25) is 0 Å². The largest absolute Gasteiger partial charge is 0.495 e. The summed E-state index contributed by atoms with van der Waals surface area (Å²) in [7, 11) is 1.50. The van der Waals surface area contributed by atoms with E-state index in [-0.39, 0.29) is 23.4 Å². The molecule has 1 aliphatic rings. The van der Waals surface area contributed by atoms with Crippen LogP contribution in [0.15, 0.2) is 78.5 Å². The summed E-state index contributed by atoms with van der Waals surface area (Å²) in [5.41, 5.74) is 1.68. The van der Waals surface area contributed by atoms with Gasteiger partial charge in [0.05, 0.1) is 24.3 Å². The standard InChI is InChI=1S/C24H18ClFN2O3/c1-31-20-12-11-17(13-18(20)25)27-22-21(15-7-3-2-4-8-15)23(29)28(24(22)30)14-16-9-5-6-10-19(16)26/h2-13,27H,14H2,1H3. The fourth-order valence-electron chi connectivity index (χ4n) is 3.39. The topological polar surface area (TPSA) is 58.6 Å². The van der Waals surface area contributed by atoms with Crippen LogP contribution in [0.3, 0.4) is 0 Å². The number of nitrogens with one attached hydrogen (secondary N) is 1. The fraction of sp³-hybridized carbons (Fsp3) is 0.0833. The zero-order valence-corrected chi connectivity index (χ0v) is 17.3. The first-order valence-corrected chi connectivity index (χ1v) is 9.87. The van der Waals surface area contributed by atoms with Gasteiger partial charge < -0.3 is 10.1 Å². The van der Waals surface area contributed by atoms with Gasteiger partial charge in [0.15, 0.2) is 0 Å². The van der Waals surface area contributed by atoms with Crippen LogP contribution >= 0.6 is 11.6 Å². The number of amides is 2. The van der Waals surface area contributed by atoms with Gasteiger partial charge in [-0.05, 0) is 29.8 Å². The molecular weight excluding hydrogens is 419 g/mol. The Balaban J connectivity index is 1.74. The van der Waals surface area contributed by atoms with Crippen LogP contribution in [0.2, 0.25) is 5.02 Å². The Morgan fingerprint density at radius 2 is 1.68 bits per heavy atom. The molecule has 3 aromatic carbocycles. The molecule has 4 rings (SSSR count). The third kappa shape index (κ3) is 4.02. The van der Waals surface area contributed by atoms with Gasteiger partial charge in [-0.15, -0.1) is 0 Å². The van der Waals surface area contributed by atoms with Crippen molar-refractivity contribution in [3.05, 3.63) is 100 Å². The Kier molecular flexibility index (Phi) is 5.73. The molecule has 5 nitrogen and oxygen atoms in total. The summed E-state index contributed by atoms with van der Waals surface area (Å²) in [4.78, 5) is 27.5. The van der Waals surface area contributed by atoms with Crippen molar-refractivity contribution in [2.75, 3.05) is 12.4 Å². The number of rotatable bonds is 6. The highest BCUT2D eigenvalue weighted by Gasteiger charge is 2.39. The zero-order chi connectivity index (χ0) is 22.0. The van der Waals surface area contributed by atoms with Crippen LogP contribution in [-0.4, -0.2) is 23.8 Å². The van der Waals surface area contributed by atoms with Crippen molar-refractivity contribution in [1.82, 2.24) is 4.90 Å². The van der Waals surface area contributed by atoms with Crippen LogP contribution in [0.25, 0.3) is 5.57 Å². The third-order valence-corrected chi connectivity index (χ3v) is 5.23. The number of hydrogen-bond donors (Lipinski definition) is 1. The molecule has 1 N–H and O–H groups in total. The van der Waals surface area contributed by atoms with Crippen LogP contribution in [0.4, 0.5) is 10.1 Å². The Morgan fingerprint density at radius 3 is 2.35 bits per heavy atom. The minimum Gasteiger partial charge on any atom is -0.495 e. The van der Waals surface area contributed by atoms with Gasteiger partial charge in [0.25, 0.3) is 11.8 Å². The summed E-state index contributed by atoms with van der Waals surface area (Å²) < 4.78 is 19.3. The van der Waals surface area contributed by atoms with Crippen molar-refractivity contribution < 1.29 is 18.7 Å². The summed E-state index contributed by atoms with van der Waals surface area (Å²) in [5, 5.41) is 3.38. The average molecular weight is 437 g/mol. The highest BCUT2D eigenvalue weighted by atomic mass is 35.5. The van der Waals surface area contributed by atoms with Crippen molar-refractivity contribution in [1.29, 1.82) is 0 Å². The molecule has 0 unspecified atom stereocenters. The quantitative estimate of drug-likeness (QED) is 0.559. The molecule has 156 valence electrons. The third-order valence-electron chi connectivity index (χ3n) is 4.94. The maximum absolute atomic E-state index is 14.2. The first kappa shape index (κ1) is 20.6. The van der Waals surface area contributed by atoms with E-state index in [1.165, 1.54) is 13.2 Å². The molecule has 0 aliphatic carbocycles. The summed E-state index contributed by atoms with van der Waals surface area (Å²) in [6.07, 6.45) is 0. The molecule has 1 heterocycles. The molecule has 0 bridgehead atoms. The van der Waals surface area contributed by atoms with Crippen molar-refractivity contribution in [3.8, 4) is 5.75 Å². The second-order valence-corrected chi connectivity index (χ2v) is 7.29. The lowest BCUT2D eigenvalue weighted by Gasteiger charge is -2.16. The number of carbonyl (C=O) groups is 2. The van der Waals surface area contributed by atoms with Crippen LogP contribution in [0.5, 0.6) is 5.75 Å². The van der Waals surface area contributed by atoms with Crippen molar-refractivity contribution >= 4 is 34.7 Å². The Bertz CT molecular complexity index is 1190. The first-order chi connectivity index (χ1) is 15.0. The van der Waals surface area contributed by atoms with E-state index in [9.17, 15) is 14.0 Å². The molecular formula is C24H18ClFN2O3. The molecule has 0 saturated heterocycles. The first-order valence-electron chi connectivity index (χ1n) is 9.49. The van der Waals surface area contributed by atoms with Gasteiger partial charge in [-0.3, -0.25) is 14.5 Å². The lowest BCUT2D eigenvalue weighted by atomic mass is 10.0. The normalized spacial score (nSPS) is 13.7. The number of carbonyl (C=O) groups excluding carboxylic acids is 2. The predicted octanol–water partition coefficient (Wildman–Crippen LogP) is 4.88. The second-order valence-electron chi connectivity index (χ2n) is 6.88. The van der Waals surface area contributed by atoms with E-state index in [1.807, 2.05) is 6.07 Å². The maximum Gasteiger partial charge on any atom is 0.278 e. The smallest absolute Gasteiger partial charge is 0.278 e. The predicted molar refractivity (Wildman–Crippen MR) is 117 cm³/mol. The fourth-order valence-corrected chi connectivity index (χ4v) is 3.65. The summed E-state index contributed by atoms with van der Waals surface area (Å²) in [5.74, 6) is -1.03. The number of halogens is 2. The molecule has 3 aromatic rings. The lowest BCUT2D eigenvalue weighted by molar-refractivity contribution is -0.137. The van der Waals surface area contributed by atoms with E-state index in [2.05, 4.69) is 5.32 Å². The van der Waals surface area contributed by atoms with Crippen molar-refractivity contribution in [3.63, 3.8) is 0 Å². The van der Waals surface area contributed by atoms with Gasteiger partial charge in [-0.2, -0.15) is 0 Å². The lowest BCUT2D eigenvalue weighted by Crippen LogP contribution is -2.32. The SMILES string of the molecule is COc1ccc(NC2=C(c3ccccc3)C(=O)N(Cc3ccccc3F)C2=O)cc1Cl. The molecule has 0 atom stereocenters. The molecule has 7 heteroatoms. The highest BCUT2D eigenvalue weighted by molar-refractivity contribution is 6.36. The molecule has 0 fully saturated rings. The van der Waals surface area contributed by atoms with E-state index in [0.717, 1.165) is 4.90 Å². The van der Waals surface area contributed by atoms with Crippen molar-refractivity contribution in [2.24, 2.45) is 0 Å². The van der Waals surface area contributed by atoms with E-state index in [4.69, 9.17) is 16.3 Å². The van der Waals surface area contributed by atoms with Crippen LogP contribution in [0, 0.1) is 5.82 Å². The van der Waals surface area contributed by atoms with Crippen molar-refractivity contribution in [2.45, 2.75) is 6.54 Å². The Hall–Kier alpha value is -3.64. The molecule has 0 radical (unpaired) electrons. The summed E-state index contributed by atoms with van der Waals surface area (Å²) in [6, 6.07) is 19.9. The molecule has 0 spiro atoms. The van der Waals surface area contributed by atoms with E-state index >= 15 is 0 Å². The zero-order valence-electron chi connectivity index (χ0n) is 16.6. The molecule has 1 aliphatic heterocycles. The molecule has 2 amide bonds.